The summed E-state index contributed by atoms with van der Waals surface area (Å²) in [5.41, 5.74) is 4.28. The van der Waals surface area contributed by atoms with Gasteiger partial charge < -0.3 is 19.1 Å². The highest BCUT2D eigenvalue weighted by Gasteiger charge is 2.59. The van der Waals surface area contributed by atoms with Gasteiger partial charge in [0.25, 0.3) is 5.91 Å². The first-order chi connectivity index (χ1) is 18.9. The topological polar surface area (TPSA) is 92.4 Å². The summed E-state index contributed by atoms with van der Waals surface area (Å²) in [7, 11) is 0. The number of rotatable bonds is 8. The van der Waals surface area contributed by atoms with Gasteiger partial charge >= 0.3 is 12.1 Å². The summed E-state index contributed by atoms with van der Waals surface area (Å²) >= 11 is 0. The third kappa shape index (κ3) is 7.15. The van der Waals surface area contributed by atoms with Crippen molar-refractivity contribution >= 4 is 11.9 Å². The van der Waals surface area contributed by atoms with Crippen LogP contribution in [0.4, 0.5) is 13.2 Å². The first-order valence-corrected chi connectivity index (χ1v) is 13.7. The summed E-state index contributed by atoms with van der Waals surface area (Å²) in [6, 6.07) is 3.73. The second-order valence-electron chi connectivity index (χ2n) is 11.5. The molecule has 3 unspecified atom stereocenters. The van der Waals surface area contributed by atoms with Gasteiger partial charge in [-0.05, 0) is 49.9 Å². The number of halogens is 3. The quantitative estimate of drug-likeness (QED) is 0.365. The Labute approximate surface area is 233 Å². The maximum Gasteiger partial charge on any atom is 0.405 e. The molecule has 0 bridgehead atoms. The van der Waals surface area contributed by atoms with Crippen LogP contribution in [0.25, 0.3) is 0 Å². The van der Waals surface area contributed by atoms with Gasteiger partial charge in [-0.25, -0.2) is 15.6 Å². The van der Waals surface area contributed by atoms with E-state index in [9.17, 15) is 22.8 Å². The zero-order valence-corrected chi connectivity index (χ0v) is 23.4. The number of nitrogens with one attached hydrogen (secondary N) is 2. The summed E-state index contributed by atoms with van der Waals surface area (Å²) in [6.45, 7) is 11.4. The number of nitrogens with zero attached hydrogens (tertiary/aromatic N) is 2. The molecule has 222 valence electrons. The third-order valence-electron chi connectivity index (χ3n) is 7.51. The molecule has 2 fully saturated rings. The Kier molecular flexibility index (Phi) is 9.44. The highest BCUT2D eigenvalue weighted by molar-refractivity contribution is 5.97. The Bertz CT molecular complexity index is 1070. The standard InChI is InChI=1S/C28H39F3N4O5/c1-18(2)40-26(37)21-16-35(17-27(3,4)22-23(21)32-33-24(22)28(29,30)31)25(36)19-6-8-20(9-7-19)39-13-5-10-34-11-14-38-15-12-34/h6-9,16,18,22-24,32-33H,5,10-15,17H2,1-4H3. The van der Waals surface area contributed by atoms with Crippen molar-refractivity contribution in [3.8, 4) is 5.75 Å². The Morgan fingerprint density at radius 3 is 2.42 bits per heavy atom. The molecule has 1 aromatic rings. The molecular formula is C28H39F3N4O5. The number of carbonyl (C=O) groups is 2. The Balaban J connectivity index is 1.49. The van der Waals surface area contributed by atoms with E-state index in [4.69, 9.17) is 14.2 Å². The second kappa shape index (κ2) is 12.5. The maximum absolute atomic E-state index is 14.0. The lowest BCUT2D eigenvalue weighted by Crippen LogP contribution is -2.50. The molecule has 2 N–H and O–H groups in total. The van der Waals surface area contributed by atoms with Crippen molar-refractivity contribution in [3.05, 3.63) is 41.6 Å². The van der Waals surface area contributed by atoms with Crippen LogP contribution in [0.1, 0.15) is 44.5 Å². The molecule has 12 heteroatoms. The Morgan fingerprint density at radius 1 is 1.12 bits per heavy atom. The molecule has 0 aliphatic carbocycles. The van der Waals surface area contributed by atoms with E-state index >= 15 is 0 Å². The van der Waals surface area contributed by atoms with Crippen LogP contribution >= 0.6 is 0 Å². The normalized spacial score (nSPS) is 25.2. The van der Waals surface area contributed by atoms with Crippen LogP contribution in [0.3, 0.4) is 0 Å². The van der Waals surface area contributed by atoms with Crippen molar-refractivity contribution in [3.63, 3.8) is 0 Å². The Hall–Kier alpha value is -2.67. The number of morpholine rings is 1. The highest BCUT2D eigenvalue weighted by Crippen LogP contribution is 2.45. The number of hydrazine groups is 1. The van der Waals surface area contributed by atoms with E-state index in [1.165, 1.54) is 11.1 Å². The van der Waals surface area contributed by atoms with Gasteiger partial charge in [-0.2, -0.15) is 13.2 Å². The molecule has 3 aliphatic rings. The van der Waals surface area contributed by atoms with Crippen molar-refractivity contribution in [2.75, 3.05) is 46.0 Å². The molecule has 0 aromatic heterocycles. The van der Waals surface area contributed by atoms with Crippen LogP contribution in [-0.4, -0.2) is 92.0 Å². The highest BCUT2D eigenvalue weighted by atomic mass is 19.4. The molecular weight excluding hydrogens is 529 g/mol. The summed E-state index contributed by atoms with van der Waals surface area (Å²) in [4.78, 5) is 30.3. The van der Waals surface area contributed by atoms with Gasteiger partial charge in [-0.15, -0.1) is 0 Å². The molecule has 0 radical (unpaired) electrons. The van der Waals surface area contributed by atoms with E-state index in [1.807, 2.05) is 0 Å². The van der Waals surface area contributed by atoms with Gasteiger partial charge in [0.2, 0.25) is 0 Å². The predicted octanol–water partition coefficient (Wildman–Crippen LogP) is 3.13. The monoisotopic (exact) mass is 568 g/mol. The van der Waals surface area contributed by atoms with Crippen LogP contribution in [-0.2, 0) is 14.3 Å². The van der Waals surface area contributed by atoms with Crippen LogP contribution < -0.4 is 15.6 Å². The van der Waals surface area contributed by atoms with Gasteiger partial charge in [0.1, 0.15) is 11.8 Å². The fraction of sp³-hybridized carbons (Fsp3) is 0.643. The van der Waals surface area contributed by atoms with Crippen LogP contribution in [0.15, 0.2) is 36.0 Å². The number of esters is 1. The zero-order chi connectivity index (χ0) is 29.1. The van der Waals surface area contributed by atoms with Gasteiger partial charge in [0.15, 0.2) is 0 Å². The number of hydrogen-bond acceptors (Lipinski definition) is 8. The van der Waals surface area contributed by atoms with Gasteiger partial charge in [-0.1, -0.05) is 13.8 Å². The predicted molar refractivity (Wildman–Crippen MR) is 141 cm³/mol. The van der Waals surface area contributed by atoms with Crippen molar-refractivity contribution in [2.45, 2.75) is 58.5 Å². The van der Waals surface area contributed by atoms with Gasteiger partial charge in [-0.3, -0.25) is 9.69 Å². The number of ether oxygens (including phenoxy) is 3. The molecule has 1 aromatic carbocycles. The van der Waals surface area contributed by atoms with Crippen LogP contribution in [0, 0.1) is 11.3 Å². The van der Waals surface area contributed by atoms with E-state index in [1.54, 1.807) is 52.0 Å². The lowest BCUT2D eigenvalue weighted by molar-refractivity contribution is -0.170. The van der Waals surface area contributed by atoms with Gasteiger partial charge in [0, 0.05) is 43.9 Å². The molecule has 0 spiro atoms. The van der Waals surface area contributed by atoms with E-state index in [-0.39, 0.29) is 12.1 Å². The molecule has 1 amide bonds. The number of benzene rings is 1. The zero-order valence-electron chi connectivity index (χ0n) is 23.4. The minimum atomic E-state index is -4.56. The average Bonchev–Trinajstić information content (AvgIpc) is 3.32. The van der Waals surface area contributed by atoms with E-state index in [0.717, 1.165) is 39.3 Å². The molecule has 3 aliphatic heterocycles. The number of fused-ring (bicyclic) bond motifs is 1. The van der Waals surface area contributed by atoms with Crippen molar-refractivity contribution in [1.29, 1.82) is 0 Å². The lowest BCUT2D eigenvalue weighted by Gasteiger charge is -2.38. The van der Waals surface area contributed by atoms with Crippen molar-refractivity contribution in [1.82, 2.24) is 20.7 Å². The number of alkyl halides is 3. The molecule has 0 saturated carbocycles. The second-order valence-corrected chi connectivity index (χ2v) is 11.5. The molecule has 3 atom stereocenters. The minimum Gasteiger partial charge on any atom is -0.494 e. The number of amides is 1. The molecule has 4 rings (SSSR count). The Morgan fingerprint density at radius 2 is 1.80 bits per heavy atom. The molecule has 40 heavy (non-hydrogen) atoms. The molecule has 9 nitrogen and oxygen atoms in total. The van der Waals surface area contributed by atoms with E-state index in [0.29, 0.717) is 17.9 Å². The van der Waals surface area contributed by atoms with E-state index in [2.05, 4.69) is 15.8 Å². The molecule has 2 saturated heterocycles. The smallest absolute Gasteiger partial charge is 0.405 e. The fourth-order valence-electron chi connectivity index (χ4n) is 5.60. The summed E-state index contributed by atoms with van der Waals surface area (Å²) < 4.78 is 58.5. The van der Waals surface area contributed by atoms with E-state index < -0.39 is 47.6 Å². The third-order valence-corrected chi connectivity index (χ3v) is 7.51. The number of hydrogen-bond donors (Lipinski definition) is 2. The number of carbonyl (C=O) groups excluding carboxylic acids is 2. The lowest BCUT2D eigenvalue weighted by atomic mass is 9.70. The summed E-state index contributed by atoms with van der Waals surface area (Å²) in [5.74, 6) is -1.65. The first-order valence-electron chi connectivity index (χ1n) is 13.7. The largest absolute Gasteiger partial charge is 0.494 e. The fourth-order valence-corrected chi connectivity index (χ4v) is 5.60. The van der Waals surface area contributed by atoms with Gasteiger partial charge in [0.05, 0.1) is 37.5 Å². The molecule has 3 heterocycles. The van der Waals surface area contributed by atoms with Crippen molar-refractivity contribution < 1.29 is 37.0 Å². The first kappa shape index (κ1) is 30.3. The summed E-state index contributed by atoms with van der Waals surface area (Å²) in [5, 5.41) is 0. The minimum absolute atomic E-state index is 0.0266. The average molecular weight is 569 g/mol. The summed E-state index contributed by atoms with van der Waals surface area (Å²) in [6.07, 6.45) is -2.86. The van der Waals surface area contributed by atoms with Crippen LogP contribution in [0.2, 0.25) is 0 Å². The van der Waals surface area contributed by atoms with Crippen LogP contribution in [0.5, 0.6) is 5.75 Å². The maximum atomic E-state index is 14.0. The SMILES string of the molecule is CC(C)OC(=O)C1=CN(C(=O)c2ccc(OCCCN3CCOCC3)cc2)CC(C)(C)C2C1NNC2C(F)(F)F. The van der Waals surface area contributed by atoms with Crippen molar-refractivity contribution in [2.24, 2.45) is 11.3 Å².